The highest BCUT2D eigenvalue weighted by Crippen LogP contribution is 2.25. The number of para-hydroxylation sites is 1. The van der Waals surface area contributed by atoms with Crippen LogP contribution in [0, 0.1) is 5.92 Å². The lowest BCUT2D eigenvalue weighted by Crippen LogP contribution is -2.50. The Hall–Kier alpha value is -2.42. The lowest BCUT2D eigenvalue weighted by Gasteiger charge is -2.28. The fraction of sp³-hybridized carbons (Fsp3) is 0.316. The molecule has 2 atom stereocenters. The summed E-state index contributed by atoms with van der Waals surface area (Å²) in [5.74, 6) is -1.29. The van der Waals surface area contributed by atoms with Crippen LogP contribution < -0.4 is 14.8 Å². The molecule has 2 unspecified atom stereocenters. The summed E-state index contributed by atoms with van der Waals surface area (Å²) in [4.78, 5) is 11.2. The second-order valence-corrected chi connectivity index (χ2v) is 8.15. The van der Waals surface area contributed by atoms with Crippen molar-refractivity contribution >= 4 is 16.0 Å². The largest absolute Gasteiger partial charge is 0.487 e. The quantitative estimate of drug-likeness (QED) is 0.663. The first-order chi connectivity index (χ1) is 13.0. The number of piperidine rings is 1. The molecule has 3 N–H and O–H groups in total. The Morgan fingerprint density at radius 2 is 1.81 bits per heavy atom. The van der Waals surface area contributed by atoms with Crippen LogP contribution in [0.1, 0.15) is 12.0 Å². The Kier molecular flexibility index (Phi) is 6.10. The van der Waals surface area contributed by atoms with E-state index in [1.165, 1.54) is 6.07 Å². The van der Waals surface area contributed by atoms with Crippen LogP contribution in [0.15, 0.2) is 59.5 Å². The number of hydrogen-bond donors (Lipinski definition) is 3. The molecule has 2 aromatic rings. The second-order valence-electron chi connectivity index (χ2n) is 6.47. The number of sulfonamides is 1. The molecular weight excluding hydrogens is 368 g/mol. The normalized spacial score (nSPS) is 20.1. The molecule has 1 aliphatic heterocycles. The van der Waals surface area contributed by atoms with Crippen molar-refractivity contribution in [3.8, 4) is 5.75 Å². The smallest absolute Gasteiger partial charge is 0.307 e. The van der Waals surface area contributed by atoms with Crippen LogP contribution in [0.2, 0.25) is 0 Å². The monoisotopic (exact) mass is 390 g/mol. The lowest BCUT2D eigenvalue weighted by molar-refractivity contribution is -0.142. The maximum Gasteiger partial charge on any atom is 0.307 e. The molecule has 27 heavy (non-hydrogen) atoms. The Morgan fingerprint density at radius 3 is 2.56 bits per heavy atom. The first kappa shape index (κ1) is 19.3. The van der Waals surface area contributed by atoms with Crippen molar-refractivity contribution in [2.45, 2.75) is 24.0 Å². The van der Waals surface area contributed by atoms with Crippen molar-refractivity contribution in [3.05, 3.63) is 60.2 Å². The van der Waals surface area contributed by atoms with Crippen LogP contribution in [-0.4, -0.2) is 38.6 Å². The molecule has 0 spiro atoms. The van der Waals surface area contributed by atoms with Crippen LogP contribution >= 0.6 is 0 Å². The summed E-state index contributed by atoms with van der Waals surface area (Å²) in [6, 6.07) is 15.4. The van der Waals surface area contributed by atoms with Gasteiger partial charge in [0.1, 0.15) is 17.3 Å². The van der Waals surface area contributed by atoms with Gasteiger partial charge in [-0.25, -0.2) is 13.1 Å². The van der Waals surface area contributed by atoms with Gasteiger partial charge < -0.3 is 15.2 Å². The number of nitrogens with one attached hydrogen (secondary N) is 2. The van der Waals surface area contributed by atoms with E-state index >= 15 is 0 Å². The van der Waals surface area contributed by atoms with Gasteiger partial charge in [-0.05, 0) is 24.1 Å². The van der Waals surface area contributed by atoms with E-state index in [-0.39, 0.29) is 23.7 Å². The molecule has 0 saturated carbocycles. The Balaban J connectivity index is 1.73. The average Bonchev–Trinajstić information content (AvgIpc) is 2.67. The van der Waals surface area contributed by atoms with E-state index in [1.807, 2.05) is 30.3 Å². The van der Waals surface area contributed by atoms with E-state index in [1.54, 1.807) is 18.2 Å². The summed E-state index contributed by atoms with van der Waals surface area (Å²) >= 11 is 0. The van der Waals surface area contributed by atoms with Gasteiger partial charge in [0.25, 0.3) is 0 Å². The predicted octanol–water partition coefficient (Wildman–Crippen LogP) is 1.61. The van der Waals surface area contributed by atoms with Crippen molar-refractivity contribution in [2.24, 2.45) is 5.92 Å². The minimum absolute atomic E-state index is 0.0402. The zero-order valence-corrected chi connectivity index (χ0v) is 15.5. The van der Waals surface area contributed by atoms with Gasteiger partial charge in [-0.1, -0.05) is 42.5 Å². The summed E-state index contributed by atoms with van der Waals surface area (Å²) in [5.41, 5.74) is 0.929. The topological polar surface area (TPSA) is 105 Å². The molecule has 0 aliphatic carbocycles. The summed E-state index contributed by atoms with van der Waals surface area (Å²) in [5, 5.41) is 12.1. The van der Waals surface area contributed by atoms with Gasteiger partial charge in [0.05, 0.1) is 5.92 Å². The molecule has 0 radical (unpaired) electrons. The maximum atomic E-state index is 12.8. The van der Waals surface area contributed by atoms with E-state index < -0.39 is 28.0 Å². The van der Waals surface area contributed by atoms with Crippen molar-refractivity contribution in [3.63, 3.8) is 0 Å². The summed E-state index contributed by atoms with van der Waals surface area (Å²) < 4.78 is 34.0. The summed E-state index contributed by atoms with van der Waals surface area (Å²) in [7, 11) is -3.85. The predicted molar refractivity (Wildman–Crippen MR) is 99.9 cm³/mol. The summed E-state index contributed by atoms with van der Waals surface area (Å²) in [6.07, 6.45) is 0.245. The molecule has 8 heteroatoms. The van der Waals surface area contributed by atoms with E-state index in [4.69, 9.17) is 9.84 Å². The minimum Gasteiger partial charge on any atom is -0.487 e. The highest BCUT2D eigenvalue weighted by atomic mass is 32.2. The molecule has 0 amide bonds. The zero-order chi connectivity index (χ0) is 19.3. The van der Waals surface area contributed by atoms with Gasteiger partial charge in [0.2, 0.25) is 10.0 Å². The van der Waals surface area contributed by atoms with E-state index in [0.717, 1.165) is 5.56 Å². The van der Waals surface area contributed by atoms with Crippen molar-refractivity contribution < 1.29 is 23.1 Å². The molecule has 144 valence electrons. The molecule has 1 aliphatic rings. The van der Waals surface area contributed by atoms with Crippen molar-refractivity contribution in [2.75, 3.05) is 13.1 Å². The Bertz CT molecular complexity index is 886. The number of rotatable bonds is 7. The molecular formula is C19H22N2O5S. The average molecular weight is 390 g/mol. The van der Waals surface area contributed by atoms with E-state index in [9.17, 15) is 13.2 Å². The van der Waals surface area contributed by atoms with E-state index in [0.29, 0.717) is 13.1 Å². The third-order valence-electron chi connectivity index (χ3n) is 4.40. The highest BCUT2D eigenvalue weighted by Gasteiger charge is 2.30. The van der Waals surface area contributed by atoms with Crippen LogP contribution in [0.3, 0.4) is 0 Å². The standard InChI is InChI=1S/C19H22N2O5S/c22-19(23)15-10-16(12-20-11-15)21-27(24,25)18-9-5-4-8-17(18)26-13-14-6-2-1-3-7-14/h1-9,15-16,20-21H,10-13H2,(H,22,23). The van der Waals surface area contributed by atoms with Gasteiger partial charge in [0, 0.05) is 19.1 Å². The zero-order valence-electron chi connectivity index (χ0n) is 14.7. The molecule has 0 bridgehead atoms. The second kappa shape index (κ2) is 8.51. The van der Waals surface area contributed by atoms with Crippen LogP contribution in [0.5, 0.6) is 5.75 Å². The molecule has 1 saturated heterocycles. The molecule has 3 rings (SSSR count). The molecule has 1 heterocycles. The SMILES string of the molecule is O=C(O)C1CNCC(NS(=O)(=O)c2ccccc2OCc2ccccc2)C1. The summed E-state index contributed by atoms with van der Waals surface area (Å²) in [6.45, 7) is 0.972. The van der Waals surface area contributed by atoms with Gasteiger partial charge in [-0.3, -0.25) is 4.79 Å². The number of ether oxygens (including phenoxy) is 1. The third kappa shape index (κ3) is 5.06. The van der Waals surface area contributed by atoms with Gasteiger partial charge in [0.15, 0.2) is 0 Å². The first-order valence-electron chi connectivity index (χ1n) is 8.67. The molecule has 0 aromatic heterocycles. The van der Waals surface area contributed by atoms with Crippen LogP contribution in [-0.2, 0) is 21.4 Å². The Labute approximate surface area is 158 Å². The fourth-order valence-electron chi connectivity index (χ4n) is 3.03. The van der Waals surface area contributed by atoms with Gasteiger partial charge in [-0.15, -0.1) is 0 Å². The van der Waals surface area contributed by atoms with Crippen LogP contribution in [0.25, 0.3) is 0 Å². The Morgan fingerprint density at radius 1 is 1.11 bits per heavy atom. The number of hydrogen-bond acceptors (Lipinski definition) is 5. The fourth-order valence-corrected chi connectivity index (χ4v) is 4.42. The van der Waals surface area contributed by atoms with Crippen LogP contribution in [0.4, 0.5) is 0 Å². The maximum absolute atomic E-state index is 12.8. The lowest BCUT2D eigenvalue weighted by atomic mass is 9.97. The van der Waals surface area contributed by atoms with Crippen molar-refractivity contribution in [1.82, 2.24) is 10.0 Å². The molecule has 1 fully saturated rings. The number of benzene rings is 2. The highest BCUT2D eigenvalue weighted by molar-refractivity contribution is 7.89. The third-order valence-corrected chi connectivity index (χ3v) is 5.96. The minimum atomic E-state index is -3.85. The van der Waals surface area contributed by atoms with Gasteiger partial charge >= 0.3 is 5.97 Å². The number of carboxylic acids is 1. The van der Waals surface area contributed by atoms with Crippen molar-refractivity contribution in [1.29, 1.82) is 0 Å². The van der Waals surface area contributed by atoms with E-state index in [2.05, 4.69) is 10.0 Å². The number of aliphatic carboxylic acids is 1. The molecule has 7 nitrogen and oxygen atoms in total. The first-order valence-corrected chi connectivity index (χ1v) is 10.2. The number of carbonyl (C=O) groups is 1. The molecule has 2 aromatic carbocycles. The number of carboxylic acid groups (broad SMARTS) is 1. The van der Waals surface area contributed by atoms with Gasteiger partial charge in [-0.2, -0.15) is 0 Å².